The zero-order chi connectivity index (χ0) is 15.1. The second kappa shape index (κ2) is 7.31. The number of carboxylic acid groups (broad SMARTS) is 1. The Morgan fingerprint density at radius 1 is 0.952 bits per heavy atom. The molecule has 0 atom stereocenters. The van der Waals surface area contributed by atoms with Gasteiger partial charge in [0.25, 0.3) is 0 Å². The molecule has 0 heterocycles. The van der Waals surface area contributed by atoms with Gasteiger partial charge < -0.3 is 19.7 Å². The summed E-state index contributed by atoms with van der Waals surface area (Å²) in [5.74, 6) is 0.199. The predicted molar refractivity (Wildman–Crippen MR) is 76.8 cm³/mol. The molecule has 0 aliphatic heterocycles. The molecule has 0 saturated carbocycles. The average molecular weight is 288 g/mol. The number of carboxylic acids is 1. The van der Waals surface area contributed by atoms with Gasteiger partial charge in [-0.1, -0.05) is 18.2 Å². The van der Waals surface area contributed by atoms with Crippen LogP contribution in [0.4, 0.5) is 0 Å². The van der Waals surface area contributed by atoms with E-state index < -0.39 is 5.97 Å². The third-order valence-electron chi connectivity index (χ3n) is 2.81. The molecule has 0 saturated heterocycles. The molecule has 0 aliphatic rings. The van der Waals surface area contributed by atoms with E-state index in [1.165, 1.54) is 12.1 Å². The standard InChI is InChI=1S/C16H16O5/c17-11-12-4-6-14(7-5-12)20-8-9-21-15-3-1-2-13(10-15)16(18)19/h1-7,10,17H,8-9,11H2,(H,18,19). The minimum atomic E-state index is -0.985. The van der Waals surface area contributed by atoms with Crippen molar-refractivity contribution in [2.24, 2.45) is 0 Å². The third-order valence-corrected chi connectivity index (χ3v) is 2.81. The largest absolute Gasteiger partial charge is 0.490 e. The van der Waals surface area contributed by atoms with Crippen LogP contribution in [-0.4, -0.2) is 29.4 Å². The smallest absolute Gasteiger partial charge is 0.335 e. The summed E-state index contributed by atoms with van der Waals surface area (Å²) in [5, 5.41) is 17.8. The predicted octanol–water partition coefficient (Wildman–Crippen LogP) is 2.33. The number of hydrogen-bond donors (Lipinski definition) is 2. The van der Waals surface area contributed by atoms with E-state index in [2.05, 4.69) is 0 Å². The van der Waals surface area contributed by atoms with E-state index in [0.717, 1.165) is 5.56 Å². The van der Waals surface area contributed by atoms with Gasteiger partial charge in [0.2, 0.25) is 0 Å². The monoisotopic (exact) mass is 288 g/mol. The molecule has 2 rings (SSSR count). The first-order valence-electron chi connectivity index (χ1n) is 6.48. The summed E-state index contributed by atoms with van der Waals surface area (Å²) in [4.78, 5) is 10.8. The van der Waals surface area contributed by atoms with Crippen molar-refractivity contribution in [3.05, 3.63) is 59.7 Å². The molecule has 0 aliphatic carbocycles. The van der Waals surface area contributed by atoms with E-state index in [0.29, 0.717) is 24.7 Å². The lowest BCUT2D eigenvalue weighted by molar-refractivity contribution is 0.0696. The van der Waals surface area contributed by atoms with Gasteiger partial charge in [-0.15, -0.1) is 0 Å². The van der Waals surface area contributed by atoms with Crippen LogP contribution >= 0.6 is 0 Å². The number of rotatable bonds is 7. The fourth-order valence-corrected chi connectivity index (χ4v) is 1.73. The van der Waals surface area contributed by atoms with Crippen LogP contribution in [0.3, 0.4) is 0 Å². The highest BCUT2D eigenvalue weighted by Gasteiger charge is 2.03. The number of ether oxygens (including phenoxy) is 2. The fourth-order valence-electron chi connectivity index (χ4n) is 1.73. The SMILES string of the molecule is O=C(O)c1cccc(OCCOc2ccc(CO)cc2)c1. The summed E-state index contributed by atoms with van der Waals surface area (Å²) >= 11 is 0. The van der Waals surface area contributed by atoms with Crippen molar-refractivity contribution in [1.82, 2.24) is 0 Å². The zero-order valence-electron chi connectivity index (χ0n) is 11.4. The van der Waals surface area contributed by atoms with Crippen molar-refractivity contribution in [3.63, 3.8) is 0 Å². The minimum absolute atomic E-state index is 0.00328. The third kappa shape index (κ3) is 4.50. The Bertz CT molecular complexity index is 592. The van der Waals surface area contributed by atoms with Crippen LogP contribution < -0.4 is 9.47 Å². The topological polar surface area (TPSA) is 76.0 Å². The number of aliphatic hydroxyl groups is 1. The highest BCUT2D eigenvalue weighted by atomic mass is 16.5. The Labute approximate surface area is 122 Å². The van der Waals surface area contributed by atoms with Crippen LogP contribution in [-0.2, 0) is 6.61 Å². The van der Waals surface area contributed by atoms with Gasteiger partial charge in [0.1, 0.15) is 24.7 Å². The van der Waals surface area contributed by atoms with Gasteiger partial charge >= 0.3 is 5.97 Å². The first kappa shape index (κ1) is 14.9. The van der Waals surface area contributed by atoms with Crippen molar-refractivity contribution < 1.29 is 24.5 Å². The molecular weight excluding hydrogens is 272 g/mol. The zero-order valence-corrected chi connectivity index (χ0v) is 11.4. The van der Waals surface area contributed by atoms with Crippen molar-refractivity contribution in [2.75, 3.05) is 13.2 Å². The first-order chi connectivity index (χ1) is 10.2. The number of aromatic carboxylic acids is 1. The molecule has 5 nitrogen and oxygen atoms in total. The van der Waals surface area contributed by atoms with Crippen LogP contribution in [0.1, 0.15) is 15.9 Å². The van der Waals surface area contributed by atoms with Crippen LogP contribution in [0.5, 0.6) is 11.5 Å². The van der Waals surface area contributed by atoms with Crippen LogP contribution in [0.15, 0.2) is 48.5 Å². The number of carbonyl (C=O) groups is 1. The summed E-state index contributed by atoms with van der Waals surface area (Å²) in [7, 11) is 0. The van der Waals surface area contributed by atoms with Gasteiger partial charge in [-0.05, 0) is 35.9 Å². The Morgan fingerprint density at radius 3 is 2.24 bits per heavy atom. The highest BCUT2D eigenvalue weighted by Crippen LogP contribution is 2.14. The molecule has 2 aromatic rings. The molecule has 0 radical (unpaired) electrons. The lowest BCUT2D eigenvalue weighted by atomic mass is 10.2. The molecule has 110 valence electrons. The number of hydrogen-bond acceptors (Lipinski definition) is 4. The molecule has 21 heavy (non-hydrogen) atoms. The van der Waals surface area contributed by atoms with Crippen molar-refractivity contribution in [3.8, 4) is 11.5 Å². The minimum Gasteiger partial charge on any atom is -0.490 e. The van der Waals surface area contributed by atoms with E-state index >= 15 is 0 Å². The lowest BCUT2D eigenvalue weighted by Crippen LogP contribution is -2.09. The second-order valence-electron chi connectivity index (χ2n) is 4.33. The molecule has 0 amide bonds. The Morgan fingerprint density at radius 2 is 1.62 bits per heavy atom. The maximum absolute atomic E-state index is 10.8. The van der Waals surface area contributed by atoms with Gasteiger partial charge in [-0.25, -0.2) is 4.79 Å². The Balaban J connectivity index is 1.78. The van der Waals surface area contributed by atoms with E-state index in [1.807, 2.05) is 0 Å². The molecule has 2 aromatic carbocycles. The second-order valence-corrected chi connectivity index (χ2v) is 4.33. The van der Waals surface area contributed by atoms with E-state index in [1.54, 1.807) is 36.4 Å². The maximum Gasteiger partial charge on any atom is 0.335 e. The quantitative estimate of drug-likeness (QED) is 0.765. The molecule has 5 heteroatoms. The first-order valence-corrected chi connectivity index (χ1v) is 6.48. The van der Waals surface area contributed by atoms with E-state index in [4.69, 9.17) is 19.7 Å². The molecule has 0 bridgehead atoms. The van der Waals surface area contributed by atoms with Gasteiger partial charge in [0.15, 0.2) is 0 Å². The van der Waals surface area contributed by atoms with Crippen molar-refractivity contribution in [1.29, 1.82) is 0 Å². The van der Waals surface area contributed by atoms with Gasteiger partial charge in [0, 0.05) is 0 Å². The summed E-state index contributed by atoms with van der Waals surface area (Å²) in [6, 6.07) is 13.4. The normalized spacial score (nSPS) is 10.1. The van der Waals surface area contributed by atoms with E-state index in [-0.39, 0.29) is 12.2 Å². The summed E-state index contributed by atoms with van der Waals surface area (Å²) in [6.07, 6.45) is 0. The van der Waals surface area contributed by atoms with Crippen LogP contribution in [0, 0.1) is 0 Å². The molecule has 0 spiro atoms. The number of aliphatic hydroxyl groups excluding tert-OH is 1. The molecular formula is C16H16O5. The molecule has 2 N–H and O–H groups in total. The van der Waals surface area contributed by atoms with Crippen LogP contribution in [0.2, 0.25) is 0 Å². The fraction of sp³-hybridized carbons (Fsp3) is 0.188. The van der Waals surface area contributed by atoms with E-state index in [9.17, 15) is 4.79 Å². The summed E-state index contributed by atoms with van der Waals surface area (Å²) in [5.41, 5.74) is 1.01. The van der Waals surface area contributed by atoms with Crippen LogP contribution in [0.25, 0.3) is 0 Å². The lowest BCUT2D eigenvalue weighted by Gasteiger charge is -2.09. The van der Waals surface area contributed by atoms with Crippen molar-refractivity contribution in [2.45, 2.75) is 6.61 Å². The maximum atomic E-state index is 10.8. The van der Waals surface area contributed by atoms with Crippen molar-refractivity contribution >= 4 is 5.97 Å². The Kier molecular flexibility index (Phi) is 5.17. The summed E-state index contributed by atoms with van der Waals surface area (Å²) < 4.78 is 10.9. The molecule has 0 aromatic heterocycles. The van der Waals surface area contributed by atoms with Gasteiger partial charge in [0.05, 0.1) is 12.2 Å². The van der Waals surface area contributed by atoms with Gasteiger partial charge in [-0.3, -0.25) is 0 Å². The number of benzene rings is 2. The molecule has 0 unspecified atom stereocenters. The molecule has 0 fully saturated rings. The summed E-state index contributed by atoms with van der Waals surface area (Å²) in [6.45, 7) is 0.657. The average Bonchev–Trinajstić information content (AvgIpc) is 2.52. The van der Waals surface area contributed by atoms with Gasteiger partial charge in [-0.2, -0.15) is 0 Å². The Hall–Kier alpha value is -2.53. The highest BCUT2D eigenvalue weighted by molar-refractivity contribution is 5.87.